The number of fused-ring (bicyclic) bond motifs is 2. The second-order valence-electron chi connectivity index (χ2n) is 7.70. The predicted octanol–water partition coefficient (Wildman–Crippen LogP) is 5.39. The number of amides is 1. The van der Waals surface area contributed by atoms with Crippen LogP contribution in [0.2, 0.25) is 0 Å². The molecule has 0 radical (unpaired) electrons. The molecule has 0 fully saturated rings. The number of halogens is 1. The van der Waals surface area contributed by atoms with Gasteiger partial charge in [0, 0.05) is 11.3 Å². The molecule has 1 amide bonds. The number of rotatable bonds is 4. The van der Waals surface area contributed by atoms with Crippen molar-refractivity contribution in [1.29, 1.82) is 0 Å². The average Bonchev–Trinajstić information content (AvgIpc) is 3.08. The van der Waals surface area contributed by atoms with Crippen LogP contribution >= 0.6 is 0 Å². The number of benzene rings is 3. The van der Waals surface area contributed by atoms with Gasteiger partial charge in [0.15, 0.2) is 5.43 Å². The van der Waals surface area contributed by atoms with Gasteiger partial charge in [0.25, 0.3) is 5.91 Å². The minimum absolute atomic E-state index is 0.0616. The third-order valence-corrected chi connectivity index (χ3v) is 5.65. The molecule has 1 aliphatic rings. The van der Waals surface area contributed by atoms with Crippen LogP contribution in [-0.2, 0) is 0 Å². The van der Waals surface area contributed by atoms with E-state index in [2.05, 4.69) is 0 Å². The molecule has 0 bridgehead atoms. The lowest BCUT2D eigenvalue weighted by atomic mass is 9.97. The SMILES string of the molecule is CCOc1ccc(N2C(=O)c3oc4ccc(C)cc4c(=O)c3C2c2ccccc2F)cc1. The van der Waals surface area contributed by atoms with Crippen molar-refractivity contribution in [2.24, 2.45) is 0 Å². The maximum Gasteiger partial charge on any atom is 0.295 e. The standard InChI is InChI=1S/C26H20FNO4/c1-3-31-17-11-9-16(10-12-17)28-23(18-6-4-5-7-20(18)27)22-24(29)19-14-15(2)8-13-21(19)32-25(22)26(28)30/h4-14,23H,3H2,1-2H3. The third kappa shape index (κ3) is 3.07. The number of hydrogen-bond donors (Lipinski definition) is 0. The second kappa shape index (κ2) is 7.64. The highest BCUT2D eigenvalue weighted by Crippen LogP contribution is 2.42. The molecule has 1 aliphatic heterocycles. The molecule has 5 rings (SSSR count). The smallest absolute Gasteiger partial charge is 0.295 e. The van der Waals surface area contributed by atoms with Crippen molar-refractivity contribution in [1.82, 2.24) is 0 Å². The van der Waals surface area contributed by atoms with Gasteiger partial charge in [-0.15, -0.1) is 0 Å². The van der Waals surface area contributed by atoms with E-state index in [1.807, 2.05) is 19.9 Å². The molecular weight excluding hydrogens is 409 g/mol. The highest BCUT2D eigenvalue weighted by Gasteiger charge is 2.44. The molecule has 0 saturated heterocycles. The lowest BCUT2D eigenvalue weighted by Crippen LogP contribution is -2.30. The van der Waals surface area contributed by atoms with E-state index >= 15 is 0 Å². The van der Waals surface area contributed by atoms with Gasteiger partial charge in [-0.3, -0.25) is 14.5 Å². The Morgan fingerprint density at radius 1 is 1.03 bits per heavy atom. The summed E-state index contributed by atoms with van der Waals surface area (Å²) in [6, 6.07) is 17.4. The van der Waals surface area contributed by atoms with E-state index < -0.39 is 17.8 Å². The minimum Gasteiger partial charge on any atom is -0.494 e. The Kier molecular flexibility index (Phi) is 4.78. The Labute approximate surface area is 183 Å². The van der Waals surface area contributed by atoms with Crippen LogP contribution < -0.4 is 15.1 Å². The first-order valence-electron chi connectivity index (χ1n) is 10.4. The fraction of sp³-hybridized carbons (Fsp3) is 0.154. The Bertz CT molecular complexity index is 1410. The summed E-state index contributed by atoms with van der Waals surface area (Å²) in [5, 5.41) is 0.367. The Morgan fingerprint density at radius 3 is 2.50 bits per heavy atom. The summed E-state index contributed by atoms with van der Waals surface area (Å²) in [4.78, 5) is 28.5. The first-order chi connectivity index (χ1) is 15.5. The maximum atomic E-state index is 14.9. The number of carbonyl (C=O) groups is 1. The Morgan fingerprint density at radius 2 is 1.78 bits per heavy atom. The molecule has 1 unspecified atom stereocenters. The normalized spacial score (nSPS) is 15.3. The number of carbonyl (C=O) groups excluding carboxylic acids is 1. The molecule has 6 heteroatoms. The van der Waals surface area contributed by atoms with Crippen LogP contribution in [0, 0.1) is 12.7 Å². The summed E-state index contributed by atoms with van der Waals surface area (Å²) in [7, 11) is 0. The van der Waals surface area contributed by atoms with Crippen LogP contribution in [0.5, 0.6) is 5.75 Å². The first kappa shape index (κ1) is 20.0. The van der Waals surface area contributed by atoms with Crippen molar-refractivity contribution in [3.8, 4) is 5.75 Å². The highest BCUT2D eigenvalue weighted by atomic mass is 19.1. The zero-order valence-electron chi connectivity index (χ0n) is 17.6. The summed E-state index contributed by atoms with van der Waals surface area (Å²) in [6.07, 6.45) is 0. The summed E-state index contributed by atoms with van der Waals surface area (Å²) in [5.74, 6) is -0.401. The van der Waals surface area contributed by atoms with E-state index in [1.165, 1.54) is 11.0 Å². The van der Waals surface area contributed by atoms with Crippen LogP contribution in [0.25, 0.3) is 11.0 Å². The lowest BCUT2D eigenvalue weighted by Gasteiger charge is -2.25. The van der Waals surface area contributed by atoms with Crippen LogP contribution in [-0.4, -0.2) is 12.5 Å². The fourth-order valence-corrected chi connectivity index (χ4v) is 4.21. The van der Waals surface area contributed by atoms with E-state index in [0.29, 0.717) is 29.0 Å². The van der Waals surface area contributed by atoms with Crippen LogP contribution in [0.3, 0.4) is 0 Å². The van der Waals surface area contributed by atoms with Crippen LogP contribution in [0.15, 0.2) is 75.9 Å². The molecule has 0 spiro atoms. The summed E-state index contributed by atoms with van der Waals surface area (Å²) < 4.78 is 26.3. The lowest BCUT2D eigenvalue weighted by molar-refractivity contribution is 0.0970. The van der Waals surface area contributed by atoms with Gasteiger partial charge in [0.05, 0.1) is 23.6 Å². The highest BCUT2D eigenvalue weighted by molar-refractivity contribution is 6.10. The van der Waals surface area contributed by atoms with Gasteiger partial charge in [-0.05, 0) is 56.3 Å². The molecule has 1 aromatic heterocycles. The molecule has 3 aromatic carbocycles. The molecule has 0 N–H and O–H groups in total. The van der Waals surface area contributed by atoms with Crippen molar-refractivity contribution >= 4 is 22.6 Å². The van der Waals surface area contributed by atoms with E-state index in [4.69, 9.17) is 9.15 Å². The monoisotopic (exact) mass is 429 g/mol. The largest absolute Gasteiger partial charge is 0.494 e. The molecule has 5 nitrogen and oxygen atoms in total. The van der Waals surface area contributed by atoms with Crippen molar-refractivity contribution < 1.29 is 18.3 Å². The summed E-state index contributed by atoms with van der Waals surface area (Å²) in [5.41, 5.74) is 1.77. The van der Waals surface area contributed by atoms with Crippen molar-refractivity contribution in [2.45, 2.75) is 19.9 Å². The van der Waals surface area contributed by atoms with Gasteiger partial charge in [0.2, 0.25) is 5.76 Å². The topological polar surface area (TPSA) is 59.8 Å². The molecule has 160 valence electrons. The van der Waals surface area contributed by atoms with Gasteiger partial charge in [-0.2, -0.15) is 0 Å². The van der Waals surface area contributed by atoms with Crippen LogP contribution in [0.1, 0.15) is 40.2 Å². The summed E-state index contributed by atoms with van der Waals surface area (Å²) >= 11 is 0. The maximum absolute atomic E-state index is 14.9. The zero-order valence-corrected chi connectivity index (χ0v) is 17.6. The van der Waals surface area contributed by atoms with Crippen molar-refractivity contribution in [3.05, 3.63) is 105 Å². The molecular formula is C26H20FNO4. The predicted molar refractivity (Wildman–Crippen MR) is 120 cm³/mol. The van der Waals surface area contributed by atoms with Crippen molar-refractivity contribution in [2.75, 3.05) is 11.5 Å². The van der Waals surface area contributed by atoms with Gasteiger partial charge in [-0.25, -0.2) is 4.39 Å². The third-order valence-electron chi connectivity index (χ3n) is 5.65. The van der Waals surface area contributed by atoms with E-state index in [9.17, 15) is 14.0 Å². The second-order valence-corrected chi connectivity index (χ2v) is 7.70. The number of nitrogens with zero attached hydrogens (tertiary/aromatic N) is 1. The minimum atomic E-state index is -0.946. The van der Waals surface area contributed by atoms with E-state index in [-0.39, 0.29) is 22.3 Å². The van der Waals surface area contributed by atoms with Gasteiger partial charge in [0.1, 0.15) is 17.1 Å². The molecule has 2 heterocycles. The van der Waals surface area contributed by atoms with E-state index in [1.54, 1.807) is 54.6 Å². The van der Waals surface area contributed by atoms with Gasteiger partial charge in [-0.1, -0.05) is 29.8 Å². The van der Waals surface area contributed by atoms with Crippen molar-refractivity contribution in [3.63, 3.8) is 0 Å². The van der Waals surface area contributed by atoms with Crippen LogP contribution in [0.4, 0.5) is 10.1 Å². The number of ether oxygens (including phenoxy) is 1. The molecule has 32 heavy (non-hydrogen) atoms. The average molecular weight is 429 g/mol. The first-order valence-corrected chi connectivity index (χ1v) is 10.4. The van der Waals surface area contributed by atoms with E-state index in [0.717, 1.165) is 5.56 Å². The Hall–Kier alpha value is -3.93. The number of hydrogen-bond acceptors (Lipinski definition) is 4. The fourth-order valence-electron chi connectivity index (χ4n) is 4.21. The molecule has 0 saturated carbocycles. The quantitative estimate of drug-likeness (QED) is 0.437. The van der Waals surface area contributed by atoms with Gasteiger partial charge >= 0.3 is 0 Å². The molecule has 4 aromatic rings. The number of aryl methyl sites for hydroxylation is 1. The zero-order chi connectivity index (χ0) is 22.4. The molecule has 0 aliphatic carbocycles. The number of anilines is 1. The molecule has 1 atom stereocenters. The van der Waals surface area contributed by atoms with Gasteiger partial charge < -0.3 is 9.15 Å². The summed E-state index contributed by atoms with van der Waals surface area (Å²) in [6.45, 7) is 4.26. The Balaban J connectivity index is 1.77.